The summed E-state index contributed by atoms with van der Waals surface area (Å²) in [6, 6.07) is 3.70. The van der Waals surface area contributed by atoms with Crippen molar-refractivity contribution in [1.29, 1.82) is 0 Å². The van der Waals surface area contributed by atoms with Crippen molar-refractivity contribution in [2.75, 3.05) is 33.3 Å². The summed E-state index contributed by atoms with van der Waals surface area (Å²) in [6.45, 7) is 3.03. The summed E-state index contributed by atoms with van der Waals surface area (Å²) in [5, 5.41) is 4.03. The third kappa shape index (κ3) is 2.90. The van der Waals surface area contributed by atoms with E-state index >= 15 is 0 Å². The van der Waals surface area contributed by atoms with Crippen LogP contribution in [0.1, 0.15) is 12.3 Å². The second kappa shape index (κ2) is 5.95. The van der Waals surface area contributed by atoms with E-state index in [0.29, 0.717) is 24.8 Å². The smallest absolute Gasteiger partial charge is 0.248 e. The Morgan fingerprint density at radius 3 is 2.92 bits per heavy atom. The van der Waals surface area contributed by atoms with Crippen LogP contribution in [0.25, 0.3) is 11.4 Å². The number of amides is 1. The molecule has 2 aromatic heterocycles. The van der Waals surface area contributed by atoms with Gasteiger partial charge in [0.05, 0.1) is 13.1 Å². The topological polar surface area (TPSA) is 84.6 Å². The Kier molecular flexibility index (Phi) is 3.78. The van der Waals surface area contributed by atoms with E-state index in [9.17, 15) is 4.79 Å². The Morgan fingerprint density at radius 2 is 2.12 bits per heavy atom. The lowest BCUT2D eigenvalue weighted by molar-refractivity contribution is -0.159. The van der Waals surface area contributed by atoms with Crippen molar-refractivity contribution in [3.8, 4) is 11.4 Å². The summed E-state index contributed by atoms with van der Waals surface area (Å²) in [5.41, 5.74) is 0.616. The Bertz CT molecular complexity index is 734. The normalized spacial score (nSPS) is 24.9. The maximum absolute atomic E-state index is 11.6. The molecule has 2 aromatic rings. The van der Waals surface area contributed by atoms with Gasteiger partial charge in [-0.3, -0.25) is 14.7 Å². The van der Waals surface area contributed by atoms with Crippen molar-refractivity contribution >= 4 is 5.91 Å². The van der Waals surface area contributed by atoms with Gasteiger partial charge in [0.25, 0.3) is 0 Å². The van der Waals surface area contributed by atoms with Gasteiger partial charge in [0.1, 0.15) is 12.2 Å². The van der Waals surface area contributed by atoms with Crippen molar-refractivity contribution < 1.29 is 14.1 Å². The van der Waals surface area contributed by atoms with E-state index < -0.39 is 0 Å². The minimum atomic E-state index is -0.267. The maximum Gasteiger partial charge on any atom is 0.248 e. The third-order valence-electron chi connectivity index (χ3n) is 4.61. The van der Waals surface area contributed by atoms with Crippen LogP contribution in [0.4, 0.5) is 0 Å². The molecule has 126 valence electrons. The van der Waals surface area contributed by atoms with Crippen molar-refractivity contribution in [2.45, 2.75) is 18.6 Å². The van der Waals surface area contributed by atoms with Gasteiger partial charge in [0.2, 0.25) is 17.6 Å². The van der Waals surface area contributed by atoms with Crippen molar-refractivity contribution in [3.05, 3.63) is 30.4 Å². The van der Waals surface area contributed by atoms with E-state index in [0.717, 1.165) is 25.1 Å². The Hall–Kier alpha value is -2.32. The fourth-order valence-corrected chi connectivity index (χ4v) is 3.33. The van der Waals surface area contributed by atoms with Crippen LogP contribution in [0.5, 0.6) is 0 Å². The highest BCUT2D eigenvalue weighted by Gasteiger charge is 2.44. The van der Waals surface area contributed by atoms with Crippen LogP contribution in [0.3, 0.4) is 0 Å². The van der Waals surface area contributed by atoms with E-state index in [-0.39, 0.29) is 18.1 Å². The Morgan fingerprint density at radius 1 is 1.29 bits per heavy atom. The van der Waals surface area contributed by atoms with Crippen molar-refractivity contribution in [3.63, 3.8) is 0 Å². The highest BCUT2D eigenvalue weighted by Crippen LogP contribution is 2.30. The standard InChI is InChI=1S/C16H19N5O3/c1-20-10-16(23-9-14(20)22)4-7-21(11-16)8-13-18-15(19-24-13)12-2-5-17-6-3-12/h2-3,5-6H,4,7-11H2,1H3. The van der Waals surface area contributed by atoms with Gasteiger partial charge >= 0.3 is 0 Å². The SMILES string of the molecule is CN1CC2(CCN(Cc3nc(-c4ccncc4)no3)C2)OCC1=O. The predicted octanol–water partition coefficient (Wildman–Crippen LogP) is 0.565. The predicted molar refractivity (Wildman–Crippen MR) is 83.7 cm³/mol. The first-order valence-corrected chi connectivity index (χ1v) is 7.97. The van der Waals surface area contributed by atoms with E-state index in [1.807, 2.05) is 19.2 Å². The van der Waals surface area contributed by atoms with E-state index in [4.69, 9.17) is 9.26 Å². The minimum absolute atomic E-state index is 0.0398. The van der Waals surface area contributed by atoms with E-state index in [1.54, 1.807) is 17.3 Å². The molecule has 0 radical (unpaired) electrons. The zero-order valence-corrected chi connectivity index (χ0v) is 13.5. The Labute approximate surface area is 139 Å². The van der Waals surface area contributed by atoms with Crippen LogP contribution < -0.4 is 0 Å². The average molecular weight is 329 g/mol. The summed E-state index contributed by atoms with van der Waals surface area (Å²) < 4.78 is 11.2. The van der Waals surface area contributed by atoms with Crippen LogP contribution in [-0.4, -0.2) is 69.7 Å². The summed E-state index contributed by atoms with van der Waals surface area (Å²) in [5.74, 6) is 1.19. The van der Waals surface area contributed by atoms with Gasteiger partial charge in [0.15, 0.2) is 0 Å². The molecule has 24 heavy (non-hydrogen) atoms. The molecule has 0 aromatic carbocycles. The summed E-state index contributed by atoms with van der Waals surface area (Å²) >= 11 is 0. The largest absolute Gasteiger partial charge is 0.362 e. The van der Waals surface area contributed by atoms with Gasteiger partial charge in [0, 0.05) is 38.1 Å². The quantitative estimate of drug-likeness (QED) is 0.813. The monoisotopic (exact) mass is 329 g/mol. The molecule has 2 fully saturated rings. The van der Waals surface area contributed by atoms with Crippen LogP contribution >= 0.6 is 0 Å². The molecule has 4 rings (SSSR count). The van der Waals surface area contributed by atoms with Gasteiger partial charge < -0.3 is 14.2 Å². The zero-order valence-electron chi connectivity index (χ0n) is 13.5. The Balaban J connectivity index is 1.41. The molecule has 2 saturated heterocycles. The first kappa shape index (κ1) is 15.2. The number of carbonyl (C=O) groups excluding carboxylic acids is 1. The first-order chi connectivity index (χ1) is 11.6. The summed E-state index contributed by atoms with van der Waals surface area (Å²) in [7, 11) is 1.83. The van der Waals surface area contributed by atoms with Crippen molar-refractivity contribution in [1.82, 2.24) is 24.9 Å². The number of likely N-dealkylation sites (N-methyl/N-ethyl adjacent to an activating group) is 1. The molecule has 4 heterocycles. The number of morpholine rings is 1. The molecule has 2 aliphatic heterocycles. The second-order valence-corrected chi connectivity index (χ2v) is 6.43. The van der Waals surface area contributed by atoms with Crippen LogP contribution in [0, 0.1) is 0 Å². The van der Waals surface area contributed by atoms with Crippen molar-refractivity contribution in [2.24, 2.45) is 0 Å². The van der Waals surface area contributed by atoms with Gasteiger partial charge in [-0.05, 0) is 18.6 Å². The van der Waals surface area contributed by atoms with Gasteiger partial charge in [-0.2, -0.15) is 4.98 Å². The number of likely N-dealkylation sites (tertiary alicyclic amines) is 1. The lowest BCUT2D eigenvalue weighted by Gasteiger charge is -2.38. The minimum Gasteiger partial charge on any atom is -0.362 e. The fraction of sp³-hybridized carbons (Fsp3) is 0.500. The number of hydrogen-bond donors (Lipinski definition) is 0. The third-order valence-corrected chi connectivity index (χ3v) is 4.61. The number of hydrogen-bond acceptors (Lipinski definition) is 7. The molecular formula is C16H19N5O3. The number of ether oxygens (including phenoxy) is 1. The zero-order chi connectivity index (χ0) is 16.6. The van der Waals surface area contributed by atoms with Crippen LogP contribution in [-0.2, 0) is 16.1 Å². The molecule has 1 spiro atoms. The van der Waals surface area contributed by atoms with Gasteiger partial charge in [-0.1, -0.05) is 5.16 Å². The highest BCUT2D eigenvalue weighted by molar-refractivity contribution is 5.78. The molecule has 2 aliphatic rings. The summed E-state index contributed by atoms with van der Waals surface area (Å²) in [4.78, 5) is 24.0. The molecule has 1 unspecified atom stereocenters. The molecule has 0 N–H and O–H groups in total. The fourth-order valence-electron chi connectivity index (χ4n) is 3.33. The first-order valence-electron chi connectivity index (χ1n) is 7.97. The number of aromatic nitrogens is 3. The molecular weight excluding hydrogens is 310 g/mol. The van der Waals surface area contributed by atoms with Gasteiger partial charge in [-0.25, -0.2) is 0 Å². The number of rotatable bonds is 3. The number of pyridine rings is 1. The number of carbonyl (C=O) groups is 1. The second-order valence-electron chi connectivity index (χ2n) is 6.43. The molecule has 0 aliphatic carbocycles. The molecule has 0 saturated carbocycles. The van der Waals surface area contributed by atoms with Crippen LogP contribution in [0.2, 0.25) is 0 Å². The summed E-state index contributed by atoms with van der Waals surface area (Å²) in [6.07, 6.45) is 4.30. The lowest BCUT2D eigenvalue weighted by Crippen LogP contribution is -2.54. The van der Waals surface area contributed by atoms with Crippen LogP contribution in [0.15, 0.2) is 29.0 Å². The molecule has 0 bridgehead atoms. The average Bonchev–Trinajstić information content (AvgIpc) is 3.21. The van der Waals surface area contributed by atoms with E-state index in [1.165, 1.54) is 0 Å². The maximum atomic E-state index is 11.6. The molecule has 8 heteroatoms. The molecule has 8 nitrogen and oxygen atoms in total. The highest BCUT2D eigenvalue weighted by atomic mass is 16.5. The molecule has 1 atom stereocenters. The van der Waals surface area contributed by atoms with E-state index in [2.05, 4.69) is 20.0 Å². The number of nitrogens with zero attached hydrogens (tertiary/aromatic N) is 5. The lowest BCUT2D eigenvalue weighted by atomic mass is 10.0. The van der Waals surface area contributed by atoms with Gasteiger partial charge in [-0.15, -0.1) is 0 Å². The molecule has 1 amide bonds.